The van der Waals surface area contributed by atoms with Crippen LogP contribution < -0.4 is 29.2 Å². The van der Waals surface area contributed by atoms with Crippen molar-refractivity contribution < 1.29 is 28.5 Å². The first kappa shape index (κ1) is 26.6. The van der Waals surface area contributed by atoms with Gasteiger partial charge in [0.2, 0.25) is 5.91 Å². The summed E-state index contributed by atoms with van der Waals surface area (Å²) in [5.41, 5.74) is 2.97. The van der Waals surface area contributed by atoms with E-state index in [9.17, 15) is 9.59 Å². The SMILES string of the molecule is COc1ccc([C@@H]2[C@H](C(=O)Nc3cc(OC)ccc3OC)c3ccccc3C(=O)N2c2ccc(OC)cc2)cc1. The van der Waals surface area contributed by atoms with Crippen LogP contribution >= 0.6 is 0 Å². The fraction of sp³-hybridized carbons (Fsp3) is 0.188. The molecule has 0 aliphatic carbocycles. The summed E-state index contributed by atoms with van der Waals surface area (Å²) >= 11 is 0. The number of nitrogens with one attached hydrogen (secondary N) is 1. The Hall–Kier alpha value is -4.98. The fourth-order valence-electron chi connectivity index (χ4n) is 5.11. The van der Waals surface area contributed by atoms with Crippen molar-refractivity contribution in [1.29, 1.82) is 0 Å². The Morgan fingerprint density at radius 2 is 1.32 bits per heavy atom. The molecule has 1 aliphatic heterocycles. The van der Waals surface area contributed by atoms with Gasteiger partial charge in [-0.1, -0.05) is 30.3 Å². The zero-order chi connectivity index (χ0) is 28.2. The molecule has 0 saturated heterocycles. The van der Waals surface area contributed by atoms with E-state index in [1.165, 1.54) is 7.11 Å². The van der Waals surface area contributed by atoms with E-state index < -0.39 is 12.0 Å². The van der Waals surface area contributed by atoms with Crippen molar-refractivity contribution in [2.75, 3.05) is 38.7 Å². The van der Waals surface area contributed by atoms with Gasteiger partial charge in [0.15, 0.2) is 0 Å². The number of nitrogens with zero attached hydrogens (tertiary/aromatic N) is 1. The average molecular weight is 539 g/mol. The molecule has 0 bridgehead atoms. The predicted molar refractivity (Wildman–Crippen MR) is 153 cm³/mol. The molecule has 1 N–H and O–H groups in total. The molecule has 2 atom stereocenters. The summed E-state index contributed by atoms with van der Waals surface area (Å²) in [6.45, 7) is 0. The third kappa shape index (κ3) is 4.91. The molecule has 0 saturated carbocycles. The smallest absolute Gasteiger partial charge is 0.259 e. The van der Waals surface area contributed by atoms with E-state index in [2.05, 4.69) is 5.32 Å². The second-order valence-corrected chi connectivity index (χ2v) is 9.21. The molecule has 8 nitrogen and oxygen atoms in total. The minimum absolute atomic E-state index is 0.204. The summed E-state index contributed by atoms with van der Waals surface area (Å²) in [4.78, 5) is 30.1. The minimum atomic E-state index is -0.764. The van der Waals surface area contributed by atoms with Crippen molar-refractivity contribution >= 4 is 23.2 Å². The molecule has 1 heterocycles. The summed E-state index contributed by atoms with van der Waals surface area (Å²) in [6.07, 6.45) is 0. The molecule has 204 valence electrons. The van der Waals surface area contributed by atoms with Gasteiger partial charge in [0.1, 0.15) is 23.0 Å². The number of hydrogen-bond acceptors (Lipinski definition) is 6. The van der Waals surface area contributed by atoms with Crippen LogP contribution in [0.1, 0.15) is 33.4 Å². The summed E-state index contributed by atoms with van der Waals surface area (Å²) in [6, 6.07) is 26.4. The Kier molecular flexibility index (Phi) is 7.59. The maximum absolute atomic E-state index is 14.3. The number of rotatable bonds is 8. The lowest BCUT2D eigenvalue weighted by Crippen LogP contribution is -2.46. The van der Waals surface area contributed by atoms with E-state index in [-0.39, 0.29) is 11.8 Å². The molecule has 4 aromatic rings. The van der Waals surface area contributed by atoms with Crippen LogP contribution in [0.25, 0.3) is 0 Å². The quantitative estimate of drug-likeness (QED) is 0.303. The van der Waals surface area contributed by atoms with Gasteiger partial charge in [0.05, 0.1) is 46.1 Å². The summed E-state index contributed by atoms with van der Waals surface area (Å²) in [7, 11) is 6.28. The number of hydrogen-bond donors (Lipinski definition) is 1. The Balaban J connectivity index is 1.68. The molecule has 0 spiro atoms. The van der Waals surface area contributed by atoms with Gasteiger partial charge in [-0.05, 0) is 65.7 Å². The molecule has 0 unspecified atom stereocenters. The van der Waals surface area contributed by atoms with Gasteiger partial charge in [-0.15, -0.1) is 0 Å². The number of carbonyl (C=O) groups is 2. The number of fused-ring (bicyclic) bond motifs is 1. The highest BCUT2D eigenvalue weighted by Gasteiger charge is 2.45. The number of carbonyl (C=O) groups excluding carboxylic acids is 2. The number of anilines is 2. The lowest BCUT2D eigenvalue weighted by Gasteiger charge is -2.42. The van der Waals surface area contributed by atoms with Crippen molar-refractivity contribution in [2.24, 2.45) is 0 Å². The van der Waals surface area contributed by atoms with Crippen LogP contribution in [0.15, 0.2) is 91.0 Å². The first-order chi connectivity index (χ1) is 19.5. The van der Waals surface area contributed by atoms with Crippen LogP contribution in [0.4, 0.5) is 11.4 Å². The first-order valence-electron chi connectivity index (χ1n) is 12.7. The predicted octanol–water partition coefficient (Wildman–Crippen LogP) is 5.85. The summed E-state index contributed by atoms with van der Waals surface area (Å²) in [5, 5.41) is 3.05. The Morgan fingerprint density at radius 1 is 0.725 bits per heavy atom. The standard InChI is InChI=1S/C32H30N2O6/c1-37-22-13-9-20(10-14-22)30-29(31(35)33-27-19-24(39-3)17-18-28(27)40-4)25-7-5-6-8-26(25)32(36)34(30)21-11-15-23(38-2)16-12-21/h5-19,29-30H,1-4H3,(H,33,35)/t29-,30-/m1/s1. The van der Waals surface area contributed by atoms with Gasteiger partial charge in [0.25, 0.3) is 5.91 Å². The van der Waals surface area contributed by atoms with Crippen molar-refractivity contribution in [3.8, 4) is 23.0 Å². The van der Waals surface area contributed by atoms with Crippen LogP contribution in [0.3, 0.4) is 0 Å². The van der Waals surface area contributed by atoms with Gasteiger partial charge in [0, 0.05) is 17.3 Å². The zero-order valence-electron chi connectivity index (χ0n) is 22.7. The Labute approximate surface area is 233 Å². The van der Waals surface area contributed by atoms with E-state index in [0.29, 0.717) is 45.5 Å². The van der Waals surface area contributed by atoms with Gasteiger partial charge in [-0.2, -0.15) is 0 Å². The number of methoxy groups -OCH3 is 4. The van der Waals surface area contributed by atoms with E-state index in [1.54, 1.807) is 68.7 Å². The largest absolute Gasteiger partial charge is 0.497 e. The van der Waals surface area contributed by atoms with Crippen LogP contribution in [0, 0.1) is 0 Å². The Bertz CT molecular complexity index is 1520. The molecule has 2 amide bonds. The highest BCUT2D eigenvalue weighted by molar-refractivity contribution is 6.12. The molecular weight excluding hydrogens is 508 g/mol. The van der Waals surface area contributed by atoms with Crippen molar-refractivity contribution in [1.82, 2.24) is 0 Å². The number of amides is 2. The molecule has 0 aromatic heterocycles. The van der Waals surface area contributed by atoms with Crippen molar-refractivity contribution in [3.63, 3.8) is 0 Å². The molecule has 1 aliphatic rings. The van der Waals surface area contributed by atoms with E-state index in [1.807, 2.05) is 48.5 Å². The van der Waals surface area contributed by atoms with Crippen LogP contribution in [0.2, 0.25) is 0 Å². The lowest BCUT2D eigenvalue weighted by molar-refractivity contribution is -0.118. The van der Waals surface area contributed by atoms with E-state index >= 15 is 0 Å². The molecule has 8 heteroatoms. The summed E-state index contributed by atoms with van der Waals surface area (Å²) < 4.78 is 21.6. The third-order valence-electron chi connectivity index (χ3n) is 7.09. The van der Waals surface area contributed by atoms with Gasteiger partial charge in [-0.3, -0.25) is 14.5 Å². The van der Waals surface area contributed by atoms with Crippen LogP contribution in [-0.2, 0) is 4.79 Å². The zero-order valence-corrected chi connectivity index (χ0v) is 22.7. The van der Waals surface area contributed by atoms with Crippen LogP contribution in [-0.4, -0.2) is 40.3 Å². The van der Waals surface area contributed by atoms with Gasteiger partial charge < -0.3 is 24.3 Å². The number of ether oxygens (including phenoxy) is 4. The highest BCUT2D eigenvalue weighted by atomic mass is 16.5. The van der Waals surface area contributed by atoms with Crippen molar-refractivity contribution in [2.45, 2.75) is 12.0 Å². The molecule has 4 aromatic carbocycles. The molecule has 0 fully saturated rings. The van der Waals surface area contributed by atoms with Crippen molar-refractivity contribution in [3.05, 3.63) is 108 Å². The molecular formula is C32H30N2O6. The van der Waals surface area contributed by atoms with Crippen LogP contribution in [0.5, 0.6) is 23.0 Å². The molecule has 0 radical (unpaired) electrons. The maximum atomic E-state index is 14.3. The minimum Gasteiger partial charge on any atom is -0.497 e. The number of benzene rings is 4. The second kappa shape index (κ2) is 11.4. The van der Waals surface area contributed by atoms with E-state index in [0.717, 1.165) is 5.56 Å². The normalized spacial score (nSPS) is 16.1. The summed E-state index contributed by atoms with van der Waals surface area (Å²) in [5.74, 6) is 1.12. The molecule has 5 rings (SSSR count). The third-order valence-corrected chi connectivity index (χ3v) is 7.09. The van der Waals surface area contributed by atoms with Gasteiger partial charge in [-0.25, -0.2) is 0 Å². The topological polar surface area (TPSA) is 86.3 Å². The monoisotopic (exact) mass is 538 g/mol. The lowest BCUT2D eigenvalue weighted by atomic mass is 9.78. The Morgan fingerprint density at radius 3 is 1.95 bits per heavy atom. The average Bonchev–Trinajstić information content (AvgIpc) is 3.01. The molecule has 40 heavy (non-hydrogen) atoms. The maximum Gasteiger partial charge on any atom is 0.259 e. The second-order valence-electron chi connectivity index (χ2n) is 9.21. The van der Waals surface area contributed by atoms with E-state index in [4.69, 9.17) is 18.9 Å². The first-order valence-corrected chi connectivity index (χ1v) is 12.7. The highest BCUT2D eigenvalue weighted by Crippen LogP contribution is 2.46. The fourth-order valence-corrected chi connectivity index (χ4v) is 5.11. The van der Waals surface area contributed by atoms with Gasteiger partial charge >= 0.3 is 0 Å².